The van der Waals surface area contributed by atoms with Crippen LogP contribution in [0.1, 0.15) is 25.8 Å². The van der Waals surface area contributed by atoms with Crippen LogP contribution in [0.15, 0.2) is 24.3 Å². The summed E-state index contributed by atoms with van der Waals surface area (Å²) in [7, 11) is 0. The fraction of sp³-hybridized carbons (Fsp3) is 0.500. The molecule has 3 unspecified atom stereocenters. The van der Waals surface area contributed by atoms with E-state index in [-0.39, 0.29) is 40.8 Å². The molecular formula is C16H22FN3O2S. The summed E-state index contributed by atoms with van der Waals surface area (Å²) in [4.78, 5) is 23.8. The van der Waals surface area contributed by atoms with Gasteiger partial charge in [0, 0.05) is 12.6 Å². The van der Waals surface area contributed by atoms with E-state index in [4.69, 9.17) is 0 Å². The summed E-state index contributed by atoms with van der Waals surface area (Å²) in [5.74, 6) is -0.181. The number of rotatable bonds is 6. The van der Waals surface area contributed by atoms with Crippen molar-refractivity contribution in [2.75, 3.05) is 5.75 Å². The lowest BCUT2D eigenvalue weighted by Gasteiger charge is -2.34. The van der Waals surface area contributed by atoms with Crippen molar-refractivity contribution in [3.05, 3.63) is 35.6 Å². The normalized spacial score (nSPS) is 24.1. The lowest BCUT2D eigenvalue weighted by molar-refractivity contribution is -0.128. The van der Waals surface area contributed by atoms with Crippen molar-refractivity contribution >= 4 is 23.6 Å². The second kappa shape index (κ2) is 8.31. The number of nitrogens with one attached hydrogen (secondary N) is 3. The van der Waals surface area contributed by atoms with Crippen LogP contribution in [0.25, 0.3) is 0 Å². The SMILES string of the molecule is CCC1C(=O)NC(SCC(=O)NCc2ccc(F)cc2)NC1C. The van der Waals surface area contributed by atoms with Gasteiger partial charge in [-0.05, 0) is 31.0 Å². The van der Waals surface area contributed by atoms with Gasteiger partial charge in [0.2, 0.25) is 11.8 Å². The molecule has 0 aromatic heterocycles. The first kappa shape index (κ1) is 17.7. The van der Waals surface area contributed by atoms with Gasteiger partial charge in [0.25, 0.3) is 0 Å². The van der Waals surface area contributed by atoms with E-state index >= 15 is 0 Å². The summed E-state index contributed by atoms with van der Waals surface area (Å²) >= 11 is 1.35. The topological polar surface area (TPSA) is 70.2 Å². The maximum absolute atomic E-state index is 12.8. The quantitative estimate of drug-likeness (QED) is 0.736. The lowest BCUT2D eigenvalue weighted by Crippen LogP contribution is -2.59. The Bertz CT molecular complexity index is 553. The van der Waals surface area contributed by atoms with E-state index in [1.165, 1.54) is 23.9 Å². The highest BCUT2D eigenvalue weighted by atomic mass is 32.2. The van der Waals surface area contributed by atoms with Crippen LogP contribution in [0, 0.1) is 11.7 Å². The van der Waals surface area contributed by atoms with Crippen LogP contribution in [-0.4, -0.2) is 29.1 Å². The monoisotopic (exact) mass is 339 g/mol. The molecule has 0 spiro atoms. The summed E-state index contributed by atoms with van der Waals surface area (Å²) in [6.45, 7) is 4.33. The Hall–Kier alpha value is -1.60. The largest absolute Gasteiger partial charge is 0.351 e. The van der Waals surface area contributed by atoms with Crippen LogP contribution in [0.2, 0.25) is 0 Å². The molecule has 1 aromatic rings. The highest BCUT2D eigenvalue weighted by Crippen LogP contribution is 2.18. The molecule has 0 bridgehead atoms. The Morgan fingerprint density at radius 3 is 2.65 bits per heavy atom. The van der Waals surface area contributed by atoms with Crippen LogP contribution in [0.4, 0.5) is 4.39 Å². The molecule has 1 heterocycles. The van der Waals surface area contributed by atoms with Gasteiger partial charge in [-0.2, -0.15) is 0 Å². The fourth-order valence-corrected chi connectivity index (χ4v) is 3.43. The predicted molar refractivity (Wildman–Crippen MR) is 89.0 cm³/mol. The van der Waals surface area contributed by atoms with Crippen LogP contribution in [-0.2, 0) is 16.1 Å². The van der Waals surface area contributed by atoms with Crippen molar-refractivity contribution in [2.24, 2.45) is 5.92 Å². The molecule has 126 valence electrons. The van der Waals surface area contributed by atoms with Crippen molar-refractivity contribution in [2.45, 2.75) is 38.4 Å². The van der Waals surface area contributed by atoms with E-state index in [0.717, 1.165) is 12.0 Å². The Morgan fingerprint density at radius 1 is 1.35 bits per heavy atom. The number of carbonyl (C=O) groups excluding carboxylic acids is 2. The van der Waals surface area contributed by atoms with E-state index in [9.17, 15) is 14.0 Å². The molecule has 1 aliphatic heterocycles. The van der Waals surface area contributed by atoms with Crippen LogP contribution in [0.3, 0.4) is 0 Å². The fourth-order valence-electron chi connectivity index (χ4n) is 2.50. The van der Waals surface area contributed by atoms with Crippen LogP contribution >= 0.6 is 11.8 Å². The number of thioether (sulfide) groups is 1. The summed E-state index contributed by atoms with van der Waals surface area (Å²) in [5, 5.41) is 8.94. The van der Waals surface area contributed by atoms with Gasteiger partial charge in [-0.25, -0.2) is 4.39 Å². The molecule has 0 radical (unpaired) electrons. The molecule has 3 N–H and O–H groups in total. The number of amides is 2. The summed E-state index contributed by atoms with van der Waals surface area (Å²) in [6, 6.07) is 6.09. The summed E-state index contributed by atoms with van der Waals surface area (Å²) in [5.41, 5.74) is 0.588. The number of hydrogen-bond acceptors (Lipinski definition) is 4. The second-order valence-electron chi connectivity index (χ2n) is 5.57. The molecule has 5 nitrogen and oxygen atoms in total. The highest BCUT2D eigenvalue weighted by molar-refractivity contribution is 8.00. The Kier molecular flexibility index (Phi) is 6.41. The van der Waals surface area contributed by atoms with E-state index in [1.54, 1.807) is 12.1 Å². The zero-order chi connectivity index (χ0) is 16.8. The van der Waals surface area contributed by atoms with Crippen molar-refractivity contribution in [1.82, 2.24) is 16.0 Å². The Labute approximate surface area is 139 Å². The highest BCUT2D eigenvalue weighted by Gasteiger charge is 2.32. The van der Waals surface area contributed by atoms with Crippen LogP contribution in [0.5, 0.6) is 0 Å². The third-order valence-electron chi connectivity index (χ3n) is 3.85. The number of hydrogen-bond donors (Lipinski definition) is 3. The summed E-state index contributed by atoms with van der Waals surface area (Å²) in [6.07, 6.45) is 0.787. The van der Waals surface area contributed by atoms with Crippen LogP contribution < -0.4 is 16.0 Å². The van der Waals surface area contributed by atoms with Crippen molar-refractivity contribution in [3.63, 3.8) is 0 Å². The molecule has 1 aliphatic rings. The van der Waals surface area contributed by atoms with Gasteiger partial charge in [0.15, 0.2) is 0 Å². The summed E-state index contributed by atoms with van der Waals surface area (Å²) < 4.78 is 12.8. The van der Waals surface area contributed by atoms with Gasteiger partial charge >= 0.3 is 0 Å². The lowest BCUT2D eigenvalue weighted by atomic mass is 9.96. The molecule has 23 heavy (non-hydrogen) atoms. The van der Waals surface area contributed by atoms with Gasteiger partial charge in [-0.3, -0.25) is 14.9 Å². The van der Waals surface area contributed by atoms with E-state index in [0.29, 0.717) is 6.54 Å². The molecule has 1 aromatic carbocycles. The zero-order valence-corrected chi connectivity index (χ0v) is 14.1. The smallest absolute Gasteiger partial charge is 0.230 e. The number of benzene rings is 1. The van der Waals surface area contributed by atoms with Crippen molar-refractivity contribution < 1.29 is 14.0 Å². The maximum Gasteiger partial charge on any atom is 0.230 e. The van der Waals surface area contributed by atoms with Crippen molar-refractivity contribution in [1.29, 1.82) is 0 Å². The van der Waals surface area contributed by atoms with E-state index < -0.39 is 0 Å². The second-order valence-corrected chi connectivity index (χ2v) is 6.67. The molecule has 1 fully saturated rings. The molecule has 0 aliphatic carbocycles. The standard InChI is InChI=1S/C16H22FN3O2S/c1-3-13-10(2)19-16(20-15(13)22)23-9-14(21)18-8-11-4-6-12(17)7-5-11/h4-7,10,13,16,19H,3,8-9H2,1-2H3,(H,18,21)(H,20,22). The molecular weight excluding hydrogens is 317 g/mol. The minimum atomic E-state index is -0.297. The molecule has 2 rings (SSSR count). The van der Waals surface area contributed by atoms with Gasteiger partial charge in [-0.15, -0.1) is 11.8 Å². The molecule has 1 saturated heterocycles. The first-order valence-electron chi connectivity index (χ1n) is 7.68. The molecule has 0 saturated carbocycles. The average Bonchev–Trinajstić information content (AvgIpc) is 2.52. The van der Waals surface area contributed by atoms with E-state index in [1.807, 2.05) is 13.8 Å². The minimum Gasteiger partial charge on any atom is -0.351 e. The first-order valence-corrected chi connectivity index (χ1v) is 8.73. The minimum absolute atomic E-state index is 0.0286. The third kappa shape index (κ3) is 5.21. The van der Waals surface area contributed by atoms with Gasteiger partial charge in [0.05, 0.1) is 11.7 Å². The number of halogens is 1. The predicted octanol–water partition coefficient (Wildman–Crippen LogP) is 1.59. The average molecular weight is 339 g/mol. The third-order valence-corrected chi connectivity index (χ3v) is 4.87. The Morgan fingerprint density at radius 2 is 2.04 bits per heavy atom. The van der Waals surface area contributed by atoms with Gasteiger partial charge in [-0.1, -0.05) is 19.1 Å². The zero-order valence-electron chi connectivity index (χ0n) is 13.3. The molecule has 2 amide bonds. The van der Waals surface area contributed by atoms with Gasteiger partial charge < -0.3 is 10.6 Å². The molecule has 7 heteroatoms. The Balaban J connectivity index is 1.72. The molecule has 3 atom stereocenters. The van der Waals surface area contributed by atoms with Crippen molar-refractivity contribution in [3.8, 4) is 0 Å². The maximum atomic E-state index is 12.8. The number of carbonyl (C=O) groups is 2. The van der Waals surface area contributed by atoms with E-state index in [2.05, 4.69) is 16.0 Å². The van der Waals surface area contributed by atoms with Gasteiger partial charge in [0.1, 0.15) is 11.3 Å². The first-order chi connectivity index (χ1) is 11.0.